The molecule has 0 saturated heterocycles. The van der Waals surface area contributed by atoms with Crippen LogP contribution >= 0.6 is 0 Å². The van der Waals surface area contributed by atoms with E-state index in [-0.39, 0.29) is 0 Å². The summed E-state index contributed by atoms with van der Waals surface area (Å²) >= 11 is 0. The van der Waals surface area contributed by atoms with Gasteiger partial charge in [-0.1, -0.05) is 158 Å². The number of para-hydroxylation sites is 2. The van der Waals surface area contributed by atoms with Crippen molar-refractivity contribution in [1.29, 1.82) is 0 Å². The van der Waals surface area contributed by atoms with Crippen LogP contribution in [0.4, 0.5) is 0 Å². The maximum Gasteiger partial charge on any atom is 0.179 e. The average Bonchev–Trinajstić information content (AvgIpc) is 3.61. The molecule has 0 N–H and O–H groups in total. The standard InChI is InChI=1S/C49H32N6/c1-5-17-33(18-6-1)40-31-41(34-19-7-2-8-20-34)52-48(51-40)37-29-44(50-47(30-37)55-45-27-15-13-25-38(45)39-26-14-16-28-46(39)55)49-53-42(35-21-9-3-10-22-35)32-43(54-49)36-23-11-4-12-24-36/h1-32H. The molecule has 0 aliphatic heterocycles. The number of rotatable bonds is 7. The minimum absolute atomic E-state index is 0.506. The van der Waals surface area contributed by atoms with Crippen LogP contribution < -0.4 is 0 Å². The molecule has 0 spiro atoms. The lowest BCUT2D eigenvalue weighted by atomic mass is 10.1. The van der Waals surface area contributed by atoms with Gasteiger partial charge in [-0.3, -0.25) is 4.57 Å². The summed E-state index contributed by atoms with van der Waals surface area (Å²) < 4.78 is 2.22. The highest BCUT2D eigenvalue weighted by Crippen LogP contribution is 2.36. The summed E-state index contributed by atoms with van der Waals surface area (Å²) in [7, 11) is 0. The summed E-state index contributed by atoms with van der Waals surface area (Å²) in [4.78, 5) is 26.2. The van der Waals surface area contributed by atoms with Gasteiger partial charge in [0, 0.05) is 38.6 Å². The maximum absolute atomic E-state index is 5.39. The van der Waals surface area contributed by atoms with E-state index in [9.17, 15) is 0 Å². The zero-order valence-electron chi connectivity index (χ0n) is 29.7. The van der Waals surface area contributed by atoms with E-state index in [0.717, 1.165) is 78.2 Å². The molecule has 258 valence electrons. The van der Waals surface area contributed by atoms with E-state index in [1.165, 1.54) is 0 Å². The smallest absolute Gasteiger partial charge is 0.179 e. The molecule has 0 amide bonds. The monoisotopic (exact) mass is 704 g/mol. The molecule has 10 rings (SSSR count). The number of hydrogen-bond acceptors (Lipinski definition) is 5. The second-order valence-electron chi connectivity index (χ2n) is 13.4. The van der Waals surface area contributed by atoms with Gasteiger partial charge < -0.3 is 0 Å². The highest BCUT2D eigenvalue weighted by Gasteiger charge is 2.20. The van der Waals surface area contributed by atoms with Gasteiger partial charge in [0.25, 0.3) is 0 Å². The third-order valence-corrected chi connectivity index (χ3v) is 9.84. The molecule has 10 aromatic rings. The number of pyridine rings is 1. The summed E-state index contributed by atoms with van der Waals surface area (Å²) in [5, 5.41) is 2.29. The van der Waals surface area contributed by atoms with Crippen LogP contribution in [0, 0.1) is 0 Å². The van der Waals surface area contributed by atoms with Gasteiger partial charge in [-0.2, -0.15) is 0 Å². The third kappa shape index (κ3) is 6.11. The lowest BCUT2D eigenvalue weighted by Crippen LogP contribution is -2.04. The van der Waals surface area contributed by atoms with Crippen LogP contribution in [0.5, 0.6) is 0 Å². The van der Waals surface area contributed by atoms with Crippen molar-refractivity contribution >= 4 is 21.8 Å². The SMILES string of the molecule is c1ccc(-c2cc(-c3ccccc3)nc(-c3cc(-c4nc(-c5ccccc5)cc(-c5ccccc5)n4)nc(-n4c5ccccc5c5ccccc54)c3)n2)cc1. The molecule has 0 fully saturated rings. The molecular weight excluding hydrogens is 673 g/mol. The molecular formula is C49H32N6. The Bertz CT molecular complexity index is 2650. The van der Waals surface area contributed by atoms with Gasteiger partial charge >= 0.3 is 0 Å². The van der Waals surface area contributed by atoms with Crippen LogP contribution in [0.2, 0.25) is 0 Å². The van der Waals surface area contributed by atoms with Crippen LogP contribution in [0.3, 0.4) is 0 Å². The molecule has 0 aliphatic carbocycles. The van der Waals surface area contributed by atoms with E-state index in [2.05, 4.69) is 114 Å². The molecule has 0 radical (unpaired) electrons. The predicted molar refractivity (Wildman–Crippen MR) is 222 cm³/mol. The van der Waals surface area contributed by atoms with Crippen LogP contribution in [-0.2, 0) is 0 Å². The fraction of sp³-hybridized carbons (Fsp3) is 0. The number of fused-ring (bicyclic) bond motifs is 3. The minimum Gasteiger partial charge on any atom is -0.294 e. The Kier molecular flexibility index (Phi) is 8.04. The summed E-state index contributed by atoms with van der Waals surface area (Å²) in [6.07, 6.45) is 0. The Morgan fingerprint density at radius 1 is 0.273 bits per heavy atom. The summed E-state index contributed by atoms with van der Waals surface area (Å²) in [6, 6.07) is 66.0. The molecule has 0 unspecified atom stereocenters. The third-order valence-electron chi connectivity index (χ3n) is 9.84. The molecule has 4 aromatic heterocycles. The molecule has 0 aliphatic rings. The van der Waals surface area contributed by atoms with E-state index >= 15 is 0 Å². The first-order chi connectivity index (χ1) is 27.2. The van der Waals surface area contributed by atoms with Gasteiger partial charge in [0.2, 0.25) is 0 Å². The lowest BCUT2D eigenvalue weighted by molar-refractivity contribution is 1.06. The van der Waals surface area contributed by atoms with Crippen molar-refractivity contribution < 1.29 is 0 Å². The first-order valence-corrected chi connectivity index (χ1v) is 18.3. The van der Waals surface area contributed by atoms with Crippen molar-refractivity contribution in [2.45, 2.75) is 0 Å². The van der Waals surface area contributed by atoms with Crippen LogP contribution in [0.25, 0.3) is 95.6 Å². The Morgan fingerprint density at radius 2 is 0.636 bits per heavy atom. The second-order valence-corrected chi connectivity index (χ2v) is 13.4. The highest BCUT2D eigenvalue weighted by atomic mass is 15.1. The lowest BCUT2D eigenvalue weighted by Gasteiger charge is -2.14. The zero-order valence-corrected chi connectivity index (χ0v) is 29.7. The molecule has 55 heavy (non-hydrogen) atoms. The van der Waals surface area contributed by atoms with Gasteiger partial charge in [-0.25, -0.2) is 24.9 Å². The van der Waals surface area contributed by atoms with Crippen LogP contribution in [0.15, 0.2) is 194 Å². The molecule has 6 nitrogen and oxygen atoms in total. The van der Waals surface area contributed by atoms with Crippen molar-refractivity contribution in [2.24, 2.45) is 0 Å². The van der Waals surface area contributed by atoms with Crippen molar-refractivity contribution in [3.8, 4) is 73.8 Å². The van der Waals surface area contributed by atoms with Crippen molar-refractivity contribution in [1.82, 2.24) is 29.5 Å². The number of hydrogen-bond donors (Lipinski definition) is 0. The first kappa shape index (κ1) is 32.1. The molecule has 6 aromatic carbocycles. The number of benzene rings is 6. The zero-order chi connectivity index (χ0) is 36.6. The normalized spacial score (nSPS) is 11.3. The largest absolute Gasteiger partial charge is 0.294 e. The second kappa shape index (κ2) is 13.8. The molecule has 0 saturated carbocycles. The molecule has 4 heterocycles. The van der Waals surface area contributed by atoms with Crippen molar-refractivity contribution in [3.05, 3.63) is 194 Å². The Morgan fingerprint density at radius 3 is 1.05 bits per heavy atom. The topological polar surface area (TPSA) is 69.4 Å². The Balaban J connectivity index is 1.27. The molecule has 0 atom stereocenters. The Labute approximate surface area is 318 Å². The van der Waals surface area contributed by atoms with Gasteiger partial charge in [0.15, 0.2) is 11.6 Å². The van der Waals surface area contributed by atoms with Crippen LogP contribution in [-0.4, -0.2) is 29.5 Å². The van der Waals surface area contributed by atoms with Gasteiger partial charge in [-0.15, -0.1) is 0 Å². The summed E-state index contributed by atoms with van der Waals surface area (Å²) in [5.74, 6) is 1.80. The number of aromatic nitrogens is 6. The van der Waals surface area contributed by atoms with E-state index < -0.39 is 0 Å². The van der Waals surface area contributed by atoms with Gasteiger partial charge in [0.05, 0.1) is 33.8 Å². The first-order valence-electron chi connectivity index (χ1n) is 18.3. The van der Waals surface area contributed by atoms with Crippen LogP contribution in [0.1, 0.15) is 0 Å². The number of nitrogens with zero attached hydrogens (tertiary/aromatic N) is 6. The fourth-order valence-corrected chi connectivity index (χ4v) is 7.21. The highest BCUT2D eigenvalue weighted by molar-refractivity contribution is 6.09. The van der Waals surface area contributed by atoms with E-state index in [4.69, 9.17) is 24.9 Å². The summed E-state index contributed by atoms with van der Waals surface area (Å²) in [6.45, 7) is 0. The average molecular weight is 705 g/mol. The van der Waals surface area contributed by atoms with E-state index in [1.54, 1.807) is 0 Å². The van der Waals surface area contributed by atoms with E-state index in [1.807, 2.05) is 84.9 Å². The summed E-state index contributed by atoms with van der Waals surface area (Å²) in [5.41, 5.74) is 10.8. The minimum atomic E-state index is 0.506. The Hall–Kier alpha value is -7.57. The fourth-order valence-electron chi connectivity index (χ4n) is 7.21. The van der Waals surface area contributed by atoms with Gasteiger partial charge in [-0.05, 0) is 36.4 Å². The molecule has 6 heteroatoms. The van der Waals surface area contributed by atoms with E-state index in [0.29, 0.717) is 17.3 Å². The quantitative estimate of drug-likeness (QED) is 0.165. The van der Waals surface area contributed by atoms with Gasteiger partial charge in [0.1, 0.15) is 11.5 Å². The molecule has 0 bridgehead atoms. The van der Waals surface area contributed by atoms with Crippen molar-refractivity contribution in [2.75, 3.05) is 0 Å². The van der Waals surface area contributed by atoms with Crippen molar-refractivity contribution in [3.63, 3.8) is 0 Å². The maximum atomic E-state index is 5.39. The predicted octanol–water partition coefficient (Wildman–Crippen LogP) is 11.8.